The molecule has 0 fully saturated rings. The smallest absolute Gasteiger partial charge is 0.137 e. The van der Waals surface area contributed by atoms with E-state index < -0.39 is 0 Å². The molecule has 1 aromatic heterocycles. The van der Waals surface area contributed by atoms with E-state index in [0.29, 0.717) is 5.82 Å². The Balaban J connectivity index is 2.22. The van der Waals surface area contributed by atoms with Crippen molar-refractivity contribution in [3.05, 3.63) is 47.3 Å². The van der Waals surface area contributed by atoms with Crippen LogP contribution in [-0.2, 0) is 6.54 Å². The van der Waals surface area contributed by atoms with E-state index in [1.165, 1.54) is 17.5 Å². The highest BCUT2D eigenvalue weighted by Crippen LogP contribution is 2.20. The number of aromatic nitrogens is 2. The third-order valence-electron chi connectivity index (χ3n) is 2.96. The van der Waals surface area contributed by atoms with Gasteiger partial charge in [-0.1, -0.05) is 29.8 Å². The first-order valence-electron chi connectivity index (χ1n) is 5.91. The van der Waals surface area contributed by atoms with Gasteiger partial charge in [-0.25, -0.2) is 9.97 Å². The van der Waals surface area contributed by atoms with Crippen molar-refractivity contribution in [1.29, 1.82) is 0 Å². The quantitative estimate of drug-likeness (QED) is 0.897. The van der Waals surface area contributed by atoms with E-state index in [2.05, 4.69) is 46.1 Å². The lowest BCUT2D eigenvalue weighted by molar-refractivity contribution is 0.883. The van der Waals surface area contributed by atoms with E-state index in [9.17, 15) is 0 Å². The van der Waals surface area contributed by atoms with Crippen molar-refractivity contribution >= 4 is 11.6 Å². The van der Waals surface area contributed by atoms with Gasteiger partial charge < -0.3 is 10.6 Å². The number of aryl methyl sites for hydroxylation is 1. The molecule has 0 spiro atoms. The Morgan fingerprint density at radius 3 is 2.72 bits per heavy atom. The molecule has 0 amide bonds. The summed E-state index contributed by atoms with van der Waals surface area (Å²) in [6.07, 6.45) is 1.50. The molecule has 94 valence electrons. The number of nitrogens with two attached hydrogens (primary N) is 1. The minimum absolute atomic E-state index is 0.538. The van der Waals surface area contributed by atoms with Gasteiger partial charge in [0.1, 0.15) is 18.0 Å². The predicted molar refractivity (Wildman–Crippen MR) is 74.5 cm³/mol. The maximum Gasteiger partial charge on any atom is 0.137 e. The van der Waals surface area contributed by atoms with Crippen molar-refractivity contribution in [3.8, 4) is 0 Å². The van der Waals surface area contributed by atoms with Crippen molar-refractivity contribution in [3.63, 3.8) is 0 Å². The Labute approximate surface area is 107 Å². The molecule has 0 atom stereocenters. The maximum atomic E-state index is 5.80. The minimum atomic E-state index is 0.538. The second kappa shape index (κ2) is 5.04. The monoisotopic (exact) mass is 242 g/mol. The van der Waals surface area contributed by atoms with Crippen LogP contribution in [0.4, 0.5) is 11.6 Å². The zero-order valence-electron chi connectivity index (χ0n) is 11.0. The Bertz CT molecular complexity index is 551. The molecular formula is C14H18N4. The first-order valence-corrected chi connectivity index (χ1v) is 5.91. The van der Waals surface area contributed by atoms with Gasteiger partial charge in [0, 0.05) is 19.2 Å². The first-order chi connectivity index (χ1) is 8.58. The number of nitrogens with zero attached hydrogens (tertiary/aromatic N) is 3. The fourth-order valence-corrected chi connectivity index (χ4v) is 2.00. The summed E-state index contributed by atoms with van der Waals surface area (Å²) in [5.74, 6) is 1.42. The van der Waals surface area contributed by atoms with Crippen LogP contribution in [0.5, 0.6) is 0 Å². The van der Waals surface area contributed by atoms with Crippen molar-refractivity contribution in [2.45, 2.75) is 20.4 Å². The fraction of sp³-hybridized carbons (Fsp3) is 0.286. The number of rotatable bonds is 3. The van der Waals surface area contributed by atoms with Crippen LogP contribution in [0.1, 0.15) is 16.7 Å². The molecule has 1 heterocycles. The second-order valence-corrected chi connectivity index (χ2v) is 4.55. The topological polar surface area (TPSA) is 55.0 Å². The summed E-state index contributed by atoms with van der Waals surface area (Å²) in [6, 6.07) is 8.46. The van der Waals surface area contributed by atoms with Crippen LogP contribution in [-0.4, -0.2) is 17.0 Å². The third-order valence-corrected chi connectivity index (χ3v) is 2.96. The van der Waals surface area contributed by atoms with Crippen molar-refractivity contribution in [2.75, 3.05) is 17.7 Å². The number of benzene rings is 1. The molecule has 4 heteroatoms. The molecule has 0 bridgehead atoms. The first kappa shape index (κ1) is 12.4. The molecule has 0 aliphatic heterocycles. The van der Waals surface area contributed by atoms with E-state index in [4.69, 9.17) is 5.73 Å². The van der Waals surface area contributed by atoms with Crippen LogP contribution in [0.15, 0.2) is 30.6 Å². The molecule has 2 rings (SSSR count). The lowest BCUT2D eigenvalue weighted by Gasteiger charge is -2.20. The molecule has 4 nitrogen and oxygen atoms in total. The molecule has 0 aliphatic rings. The second-order valence-electron chi connectivity index (χ2n) is 4.55. The molecule has 0 saturated carbocycles. The van der Waals surface area contributed by atoms with Crippen molar-refractivity contribution < 1.29 is 0 Å². The van der Waals surface area contributed by atoms with E-state index in [0.717, 1.165) is 17.9 Å². The molecule has 0 saturated heterocycles. The highest BCUT2D eigenvalue weighted by Gasteiger charge is 2.09. The standard InChI is InChI=1S/C14H18N4/c1-10-5-4-6-12(7-10)8-18(3)14-11(2)13(15)16-9-17-14/h4-7,9H,8H2,1-3H3,(H2,15,16,17). The van der Waals surface area contributed by atoms with Gasteiger partial charge >= 0.3 is 0 Å². The third kappa shape index (κ3) is 2.59. The normalized spacial score (nSPS) is 10.4. The van der Waals surface area contributed by atoms with Crippen LogP contribution in [0, 0.1) is 13.8 Å². The SMILES string of the molecule is Cc1cccc(CN(C)c2ncnc(N)c2C)c1. The molecule has 2 N–H and O–H groups in total. The minimum Gasteiger partial charge on any atom is -0.383 e. The van der Waals surface area contributed by atoms with Gasteiger partial charge in [-0.15, -0.1) is 0 Å². The molecule has 0 aliphatic carbocycles. The van der Waals surface area contributed by atoms with Gasteiger partial charge in [-0.05, 0) is 19.4 Å². The van der Waals surface area contributed by atoms with Crippen LogP contribution in [0.2, 0.25) is 0 Å². The number of nitrogen functional groups attached to an aromatic ring is 1. The van der Waals surface area contributed by atoms with Gasteiger partial charge in [0.05, 0.1) is 0 Å². The van der Waals surface area contributed by atoms with Crippen LogP contribution >= 0.6 is 0 Å². The fourth-order valence-electron chi connectivity index (χ4n) is 2.00. The zero-order chi connectivity index (χ0) is 13.1. The number of hydrogen-bond donors (Lipinski definition) is 1. The lowest BCUT2D eigenvalue weighted by atomic mass is 10.1. The van der Waals surface area contributed by atoms with E-state index in [1.807, 2.05) is 14.0 Å². The number of hydrogen-bond acceptors (Lipinski definition) is 4. The summed E-state index contributed by atoms with van der Waals surface area (Å²) in [6.45, 7) is 4.84. The summed E-state index contributed by atoms with van der Waals surface area (Å²) >= 11 is 0. The summed E-state index contributed by atoms with van der Waals surface area (Å²) in [5.41, 5.74) is 9.24. The zero-order valence-corrected chi connectivity index (χ0v) is 11.0. The van der Waals surface area contributed by atoms with Crippen LogP contribution in [0.3, 0.4) is 0 Å². The van der Waals surface area contributed by atoms with E-state index in [1.54, 1.807) is 0 Å². The molecule has 18 heavy (non-hydrogen) atoms. The highest BCUT2D eigenvalue weighted by molar-refractivity contribution is 5.55. The van der Waals surface area contributed by atoms with E-state index in [-0.39, 0.29) is 0 Å². The van der Waals surface area contributed by atoms with Crippen molar-refractivity contribution in [2.24, 2.45) is 0 Å². The molecule has 2 aromatic rings. The van der Waals surface area contributed by atoms with Gasteiger partial charge in [-0.2, -0.15) is 0 Å². The molecule has 0 unspecified atom stereocenters. The van der Waals surface area contributed by atoms with E-state index >= 15 is 0 Å². The van der Waals surface area contributed by atoms with Gasteiger partial charge in [0.2, 0.25) is 0 Å². The Hall–Kier alpha value is -2.10. The molecule has 0 radical (unpaired) electrons. The largest absolute Gasteiger partial charge is 0.383 e. The van der Waals surface area contributed by atoms with Gasteiger partial charge in [0.15, 0.2) is 0 Å². The number of anilines is 2. The average Bonchev–Trinajstić information content (AvgIpc) is 2.32. The Morgan fingerprint density at radius 2 is 2.00 bits per heavy atom. The van der Waals surface area contributed by atoms with Gasteiger partial charge in [-0.3, -0.25) is 0 Å². The summed E-state index contributed by atoms with van der Waals surface area (Å²) in [7, 11) is 2.01. The Morgan fingerprint density at radius 1 is 1.22 bits per heavy atom. The van der Waals surface area contributed by atoms with Gasteiger partial charge in [0.25, 0.3) is 0 Å². The summed E-state index contributed by atoms with van der Waals surface area (Å²) in [5, 5.41) is 0. The summed E-state index contributed by atoms with van der Waals surface area (Å²) < 4.78 is 0. The molecule has 1 aromatic carbocycles. The summed E-state index contributed by atoms with van der Waals surface area (Å²) in [4.78, 5) is 10.4. The average molecular weight is 242 g/mol. The Kier molecular flexibility index (Phi) is 3.46. The molecular weight excluding hydrogens is 224 g/mol. The predicted octanol–water partition coefficient (Wildman–Crippen LogP) is 2.31. The maximum absolute atomic E-state index is 5.80. The highest BCUT2D eigenvalue weighted by atomic mass is 15.2. The van der Waals surface area contributed by atoms with Crippen LogP contribution < -0.4 is 10.6 Å². The lowest BCUT2D eigenvalue weighted by Crippen LogP contribution is -2.19. The van der Waals surface area contributed by atoms with Crippen molar-refractivity contribution in [1.82, 2.24) is 9.97 Å². The van der Waals surface area contributed by atoms with Crippen LogP contribution in [0.25, 0.3) is 0 Å².